The smallest absolute Gasteiger partial charge is 0.251 e. The van der Waals surface area contributed by atoms with Crippen molar-refractivity contribution in [3.05, 3.63) is 29.8 Å². The predicted molar refractivity (Wildman–Crippen MR) is 103 cm³/mol. The third-order valence-electron chi connectivity index (χ3n) is 4.93. The van der Waals surface area contributed by atoms with E-state index in [1.807, 2.05) is 6.07 Å². The first-order chi connectivity index (χ1) is 12.7. The normalized spacial score (nSPS) is 17.7. The van der Waals surface area contributed by atoms with Crippen LogP contribution in [0.4, 0.5) is 5.69 Å². The summed E-state index contributed by atoms with van der Waals surface area (Å²) < 4.78 is 0. The van der Waals surface area contributed by atoms with Crippen molar-refractivity contribution in [1.29, 1.82) is 0 Å². The molecule has 1 heterocycles. The van der Waals surface area contributed by atoms with Crippen LogP contribution in [0.1, 0.15) is 48.9 Å². The van der Waals surface area contributed by atoms with Crippen molar-refractivity contribution in [2.24, 2.45) is 0 Å². The minimum Gasteiger partial charge on any atom is -0.351 e. The van der Waals surface area contributed by atoms with Gasteiger partial charge in [0.25, 0.3) is 5.91 Å². The number of carbonyl (C=O) groups is 2. The molecule has 142 valence electrons. The number of likely N-dealkylation sites (tertiary alicyclic amines) is 1. The van der Waals surface area contributed by atoms with Crippen LogP contribution in [0.3, 0.4) is 0 Å². The molecule has 1 aliphatic carbocycles. The number of piperidine rings is 1. The number of carbonyl (C=O) groups excluding carboxylic acids is 2. The second kappa shape index (κ2) is 9.69. The summed E-state index contributed by atoms with van der Waals surface area (Å²) in [5.74, 6) is -0.116. The minimum atomic E-state index is -0.0893. The molecule has 0 bridgehead atoms. The van der Waals surface area contributed by atoms with Crippen molar-refractivity contribution >= 4 is 17.5 Å². The van der Waals surface area contributed by atoms with E-state index in [-0.39, 0.29) is 11.8 Å². The SMILES string of the molecule is O=C(CCNC1CC1)Nc1cccc(C(=O)NCCN2CCCCC2)c1. The van der Waals surface area contributed by atoms with Crippen LogP contribution in [0.15, 0.2) is 24.3 Å². The highest BCUT2D eigenvalue weighted by Gasteiger charge is 2.20. The molecule has 0 aromatic heterocycles. The Balaban J connectivity index is 1.40. The molecule has 0 spiro atoms. The molecule has 0 unspecified atom stereocenters. The summed E-state index contributed by atoms with van der Waals surface area (Å²) in [5.41, 5.74) is 1.25. The predicted octanol–water partition coefficient (Wildman–Crippen LogP) is 1.98. The van der Waals surface area contributed by atoms with E-state index in [0.29, 0.717) is 36.8 Å². The first-order valence-electron chi connectivity index (χ1n) is 9.84. The molecule has 1 aromatic carbocycles. The van der Waals surface area contributed by atoms with Crippen LogP contribution in [0.25, 0.3) is 0 Å². The molecule has 1 aromatic rings. The Kier molecular flexibility index (Phi) is 7.03. The van der Waals surface area contributed by atoms with Crippen molar-refractivity contribution in [3.8, 4) is 0 Å². The van der Waals surface area contributed by atoms with E-state index in [4.69, 9.17) is 0 Å². The van der Waals surface area contributed by atoms with E-state index in [2.05, 4.69) is 20.9 Å². The number of amides is 2. The van der Waals surface area contributed by atoms with Gasteiger partial charge >= 0.3 is 0 Å². The van der Waals surface area contributed by atoms with E-state index >= 15 is 0 Å². The molecule has 6 heteroatoms. The molecule has 2 amide bonds. The van der Waals surface area contributed by atoms with E-state index < -0.39 is 0 Å². The highest BCUT2D eigenvalue weighted by Crippen LogP contribution is 2.18. The van der Waals surface area contributed by atoms with Crippen LogP contribution in [0.2, 0.25) is 0 Å². The number of hydrogen-bond acceptors (Lipinski definition) is 4. The van der Waals surface area contributed by atoms with Crippen LogP contribution < -0.4 is 16.0 Å². The van der Waals surface area contributed by atoms with Gasteiger partial charge in [0.05, 0.1) is 0 Å². The number of anilines is 1. The highest BCUT2D eigenvalue weighted by atomic mass is 16.2. The van der Waals surface area contributed by atoms with E-state index in [1.165, 1.54) is 32.1 Å². The fraction of sp³-hybridized carbons (Fsp3) is 0.600. The Hall–Kier alpha value is -1.92. The first kappa shape index (κ1) is 18.9. The number of nitrogens with zero attached hydrogens (tertiary/aromatic N) is 1. The average molecular weight is 358 g/mol. The van der Waals surface area contributed by atoms with E-state index in [1.54, 1.807) is 18.2 Å². The molecule has 2 aliphatic rings. The lowest BCUT2D eigenvalue weighted by Crippen LogP contribution is -2.37. The molecular formula is C20H30N4O2. The van der Waals surface area contributed by atoms with Crippen LogP contribution >= 0.6 is 0 Å². The third-order valence-corrected chi connectivity index (χ3v) is 4.93. The van der Waals surface area contributed by atoms with Crippen LogP contribution in [-0.4, -0.2) is 55.5 Å². The molecule has 3 N–H and O–H groups in total. The second-order valence-electron chi connectivity index (χ2n) is 7.27. The second-order valence-corrected chi connectivity index (χ2v) is 7.27. The summed E-state index contributed by atoms with van der Waals surface area (Å²) in [4.78, 5) is 26.7. The van der Waals surface area contributed by atoms with E-state index in [9.17, 15) is 9.59 Å². The number of hydrogen-bond donors (Lipinski definition) is 3. The standard InChI is InChI=1S/C20H30N4O2/c25-19(9-10-21-17-7-8-17)23-18-6-4-5-16(15-18)20(26)22-11-14-24-12-2-1-3-13-24/h4-6,15,17,21H,1-3,7-14H2,(H,22,26)(H,23,25). The van der Waals surface area contributed by atoms with Crippen LogP contribution in [0, 0.1) is 0 Å². The van der Waals surface area contributed by atoms with E-state index in [0.717, 1.165) is 19.6 Å². The van der Waals surface area contributed by atoms with Gasteiger partial charge in [-0.2, -0.15) is 0 Å². The molecule has 0 atom stereocenters. The summed E-state index contributed by atoms with van der Waals surface area (Å²) in [6.45, 7) is 4.52. The van der Waals surface area contributed by atoms with Gasteiger partial charge in [0, 0.05) is 43.3 Å². The molecule has 1 saturated heterocycles. The Morgan fingerprint density at radius 1 is 1.08 bits per heavy atom. The van der Waals surface area contributed by atoms with Gasteiger partial charge in [0.15, 0.2) is 0 Å². The van der Waals surface area contributed by atoms with Gasteiger partial charge in [-0.1, -0.05) is 12.5 Å². The lowest BCUT2D eigenvalue weighted by Gasteiger charge is -2.26. The first-order valence-corrected chi connectivity index (χ1v) is 9.84. The van der Waals surface area contributed by atoms with Crippen molar-refractivity contribution < 1.29 is 9.59 Å². The molecule has 2 fully saturated rings. The van der Waals surface area contributed by atoms with Crippen molar-refractivity contribution in [1.82, 2.24) is 15.5 Å². The maximum absolute atomic E-state index is 12.3. The lowest BCUT2D eigenvalue weighted by atomic mass is 10.1. The van der Waals surface area contributed by atoms with Crippen LogP contribution in [0.5, 0.6) is 0 Å². The van der Waals surface area contributed by atoms with Gasteiger partial charge in [-0.25, -0.2) is 0 Å². The molecule has 26 heavy (non-hydrogen) atoms. The number of nitrogens with one attached hydrogen (secondary N) is 3. The average Bonchev–Trinajstić information content (AvgIpc) is 3.47. The van der Waals surface area contributed by atoms with Gasteiger partial charge in [0.1, 0.15) is 0 Å². The largest absolute Gasteiger partial charge is 0.351 e. The summed E-state index contributed by atoms with van der Waals surface area (Å²) in [6.07, 6.45) is 6.71. The fourth-order valence-corrected chi connectivity index (χ4v) is 3.25. The van der Waals surface area contributed by atoms with Gasteiger partial charge < -0.3 is 20.9 Å². The Bertz CT molecular complexity index is 610. The maximum Gasteiger partial charge on any atom is 0.251 e. The van der Waals surface area contributed by atoms with Crippen molar-refractivity contribution in [3.63, 3.8) is 0 Å². The molecule has 1 aliphatic heterocycles. The molecule has 3 rings (SSSR count). The molecule has 1 saturated carbocycles. The third kappa shape index (κ3) is 6.42. The molecule has 6 nitrogen and oxygen atoms in total. The van der Waals surface area contributed by atoms with Gasteiger partial charge in [-0.3, -0.25) is 9.59 Å². The van der Waals surface area contributed by atoms with Crippen molar-refractivity contribution in [2.75, 3.05) is 38.0 Å². The van der Waals surface area contributed by atoms with Gasteiger partial charge in [0.2, 0.25) is 5.91 Å². The number of benzene rings is 1. The monoisotopic (exact) mass is 358 g/mol. The summed E-state index contributed by atoms with van der Waals surface area (Å²) in [7, 11) is 0. The lowest BCUT2D eigenvalue weighted by molar-refractivity contribution is -0.116. The maximum atomic E-state index is 12.3. The summed E-state index contributed by atoms with van der Waals surface area (Å²) in [5, 5.41) is 9.17. The zero-order valence-electron chi connectivity index (χ0n) is 15.4. The molecule has 0 radical (unpaired) electrons. The number of rotatable bonds is 9. The Morgan fingerprint density at radius 3 is 2.65 bits per heavy atom. The minimum absolute atomic E-state index is 0.0270. The molecular weight excluding hydrogens is 328 g/mol. The van der Waals surface area contributed by atoms with Gasteiger partial charge in [-0.15, -0.1) is 0 Å². The highest BCUT2D eigenvalue weighted by molar-refractivity contribution is 5.97. The zero-order valence-corrected chi connectivity index (χ0v) is 15.4. The summed E-state index contributed by atoms with van der Waals surface area (Å²) >= 11 is 0. The Morgan fingerprint density at radius 2 is 1.88 bits per heavy atom. The fourth-order valence-electron chi connectivity index (χ4n) is 3.25. The van der Waals surface area contributed by atoms with Crippen molar-refractivity contribution in [2.45, 2.75) is 44.6 Å². The van der Waals surface area contributed by atoms with Crippen LogP contribution in [-0.2, 0) is 4.79 Å². The topological polar surface area (TPSA) is 73.5 Å². The van der Waals surface area contributed by atoms with Gasteiger partial charge in [-0.05, 0) is 57.0 Å². The quantitative estimate of drug-likeness (QED) is 0.631. The zero-order chi connectivity index (χ0) is 18.2. The Labute approximate surface area is 155 Å². The summed E-state index contributed by atoms with van der Waals surface area (Å²) in [6, 6.07) is 7.75.